The number of carbonyl (C=O) groups excluding carboxylic acids is 1. The molecule has 0 aromatic carbocycles. The molecule has 0 radical (unpaired) electrons. The van der Waals surface area contributed by atoms with E-state index in [2.05, 4.69) is 9.97 Å². The van der Waals surface area contributed by atoms with Gasteiger partial charge >= 0.3 is 5.97 Å². The maximum atomic E-state index is 12.0. The first-order valence-electron chi connectivity index (χ1n) is 6.23. The second kappa shape index (κ2) is 6.05. The summed E-state index contributed by atoms with van der Waals surface area (Å²) in [5.74, 6) is -0.330. The van der Waals surface area contributed by atoms with Crippen LogP contribution in [0.3, 0.4) is 0 Å². The molecule has 0 N–H and O–H groups in total. The number of aryl methyl sites for hydroxylation is 2. The first-order valence-corrected chi connectivity index (χ1v) is 8.80. The van der Waals surface area contributed by atoms with Gasteiger partial charge in [-0.05, 0) is 25.3 Å². The number of thiazole rings is 2. The fourth-order valence-corrected chi connectivity index (χ4v) is 4.24. The molecular weight excluding hydrogens is 324 g/mol. The maximum absolute atomic E-state index is 12.0. The Morgan fingerprint density at radius 1 is 1.29 bits per heavy atom. The zero-order chi connectivity index (χ0) is 14.8. The molecule has 0 spiro atoms. The predicted molar refractivity (Wildman–Crippen MR) is 86.1 cm³/mol. The number of esters is 1. The van der Waals surface area contributed by atoms with Gasteiger partial charge in [-0.1, -0.05) is 6.07 Å². The number of carbonyl (C=O) groups is 1. The van der Waals surface area contributed by atoms with Crippen molar-refractivity contribution in [1.82, 2.24) is 9.97 Å². The van der Waals surface area contributed by atoms with Crippen molar-refractivity contribution >= 4 is 40.0 Å². The minimum atomic E-state index is -0.330. The van der Waals surface area contributed by atoms with Gasteiger partial charge in [0.05, 0.1) is 21.3 Å². The van der Waals surface area contributed by atoms with Gasteiger partial charge in [-0.3, -0.25) is 0 Å². The zero-order valence-electron chi connectivity index (χ0n) is 11.5. The van der Waals surface area contributed by atoms with Gasteiger partial charge < -0.3 is 4.74 Å². The first kappa shape index (κ1) is 14.4. The minimum absolute atomic E-state index is 0.192. The van der Waals surface area contributed by atoms with Gasteiger partial charge in [-0.25, -0.2) is 14.8 Å². The molecule has 0 saturated carbocycles. The Morgan fingerprint density at radius 3 is 2.81 bits per heavy atom. The van der Waals surface area contributed by atoms with E-state index in [1.807, 2.05) is 36.7 Å². The minimum Gasteiger partial charge on any atom is -0.455 e. The summed E-state index contributed by atoms with van der Waals surface area (Å²) < 4.78 is 5.32. The van der Waals surface area contributed by atoms with Gasteiger partial charge in [0.15, 0.2) is 0 Å². The summed E-state index contributed by atoms with van der Waals surface area (Å²) in [5, 5.41) is 5.77. The van der Waals surface area contributed by atoms with E-state index in [-0.39, 0.29) is 12.6 Å². The van der Waals surface area contributed by atoms with Crippen molar-refractivity contribution in [3.05, 3.63) is 44.2 Å². The van der Waals surface area contributed by atoms with Gasteiger partial charge in [-0.2, -0.15) is 0 Å². The van der Waals surface area contributed by atoms with Crippen molar-refractivity contribution in [2.45, 2.75) is 20.5 Å². The average molecular weight is 336 g/mol. The highest BCUT2D eigenvalue weighted by atomic mass is 32.1. The molecule has 0 aliphatic rings. The van der Waals surface area contributed by atoms with E-state index in [4.69, 9.17) is 4.74 Å². The highest BCUT2D eigenvalue weighted by molar-refractivity contribution is 7.20. The van der Waals surface area contributed by atoms with Crippen LogP contribution in [-0.2, 0) is 11.3 Å². The molecule has 3 aromatic heterocycles. The largest absolute Gasteiger partial charge is 0.455 e. The third-order valence-electron chi connectivity index (χ3n) is 2.72. The van der Waals surface area contributed by atoms with E-state index in [0.717, 1.165) is 26.3 Å². The third-order valence-corrected chi connectivity index (χ3v) is 5.71. The number of thiophene rings is 1. The summed E-state index contributed by atoms with van der Waals surface area (Å²) in [7, 11) is 0. The van der Waals surface area contributed by atoms with Crippen LogP contribution in [0.5, 0.6) is 0 Å². The SMILES string of the molecule is Cc1nc(C)c(C(=O)OCc2csc(-c3cccs3)n2)s1. The highest BCUT2D eigenvalue weighted by Gasteiger charge is 2.16. The predicted octanol–water partition coefficient (Wildman–Crippen LogP) is 4.30. The van der Waals surface area contributed by atoms with Crippen LogP contribution in [0.2, 0.25) is 0 Å². The molecule has 0 bridgehead atoms. The van der Waals surface area contributed by atoms with E-state index < -0.39 is 0 Å². The second-order valence-corrected chi connectivity index (χ2v) is 7.35. The van der Waals surface area contributed by atoms with Crippen molar-refractivity contribution in [2.75, 3.05) is 0 Å². The Hall–Kier alpha value is -1.57. The van der Waals surface area contributed by atoms with Crippen LogP contribution in [0, 0.1) is 13.8 Å². The van der Waals surface area contributed by atoms with E-state index in [1.165, 1.54) is 11.3 Å². The van der Waals surface area contributed by atoms with Gasteiger partial charge in [0.25, 0.3) is 0 Å². The van der Waals surface area contributed by atoms with Gasteiger partial charge in [0.2, 0.25) is 0 Å². The lowest BCUT2D eigenvalue weighted by molar-refractivity contribution is 0.0473. The second-order valence-electron chi connectivity index (χ2n) is 4.34. The van der Waals surface area contributed by atoms with E-state index in [9.17, 15) is 4.79 Å². The van der Waals surface area contributed by atoms with Crippen LogP contribution in [0.4, 0.5) is 0 Å². The van der Waals surface area contributed by atoms with Crippen molar-refractivity contribution in [2.24, 2.45) is 0 Å². The smallest absolute Gasteiger partial charge is 0.350 e. The third kappa shape index (κ3) is 3.20. The molecule has 108 valence electrons. The lowest BCUT2D eigenvalue weighted by atomic mass is 10.4. The number of rotatable bonds is 4. The Kier molecular flexibility index (Phi) is 4.14. The fraction of sp³-hybridized carbons (Fsp3) is 0.214. The van der Waals surface area contributed by atoms with Crippen molar-refractivity contribution in [3.63, 3.8) is 0 Å². The van der Waals surface area contributed by atoms with E-state index in [1.54, 1.807) is 22.7 Å². The van der Waals surface area contributed by atoms with Gasteiger partial charge in [0, 0.05) is 5.38 Å². The molecule has 0 atom stereocenters. The molecule has 0 aliphatic carbocycles. The normalized spacial score (nSPS) is 10.8. The Morgan fingerprint density at radius 2 is 2.14 bits per heavy atom. The number of hydrogen-bond donors (Lipinski definition) is 0. The fourth-order valence-electron chi connectivity index (χ4n) is 1.81. The monoisotopic (exact) mass is 336 g/mol. The maximum Gasteiger partial charge on any atom is 0.350 e. The molecule has 4 nitrogen and oxygen atoms in total. The van der Waals surface area contributed by atoms with Crippen molar-refractivity contribution in [3.8, 4) is 9.88 Å². The Labute approximate surface area is 134 Å². The summed E-state index contributed by atoms with van der Waals surface area (Å²) in [4.78, 5) is 22.4. The van der Waals surface area contributed by atoms with E-state index >= 15 is 0 Å². The zero-order valence-corrected chi connectivity index (χ0v) is 13.9. The van der Waals surface area contributed by atoms with Crippen LogP contribution in [-0.4, -0.2) is 15.9 Å². The lowest BCUT2D eigenvalue weighted by Gasteiger charge is -2.00. The molecule has 0 fully saturated rings. The first-order chi connectivity index (χ1) is 10.1. The lowest BCUT2D eigenvalue weighted by Crippen LogP contribution is -2.05. The molecule has 21 heavy (non-hydrogen) atoms. The molecule has 7 heteroatoms. The Bertz CT molecular complexity index is 759. The summed E-state index contributed by atoms with van der Waals surface area (Å²) in [6, 6.07) is 4.03. The van der Waals surface area contributed by atoms with Gasteiger partial charge in [-0.15, -0.1) is 34.0 Å². The van der Waals surface area contributed by atoms with Crippen LogP contribution >= 0.6 is 34.0 Å². The molecule has 0 unspecified atom stereocenters. The Balaban J connectivity index is 1.65. The van der Waals surface area contributed by atoms with Crippen molar-refractivity contribution in [1.29, 1.82) is 0 Å². The standard InChI is InChI=1S/C14H12N2O2S3/c1-8-12(21-9(2)15-8)14(17)18-6-10-7-20-13(16-10)11-4-3-5-19-11/h3-5,7H,6H2,1-2H3. The van der Waals surface area contributed by atoms with Crippen molar-refractivity contribution < 1.29 is 9.53 Å². The molecule has 3 aromatic rings. The van der Waals surface area contributed by atoms with Crippen LogP contribution < -0.4 is 0 Å². The quantitative estimate of drug-likeness (QED) is 0.667. The molecule has 0 amide bonds. The van der Waals surface area contributed by atoms with Crippen LogP contribution in [0.1, 0.15) is 26.1 Å². The topological polar surface area (TPSA) is 52.1 Å². The summed E-state index contributed by atoms with van der Waals surface area (Å²) in [5.41, 5.74) is 1.50. The molecule has 3 heterocycles. The summed E-state index contributed by atoms with van der Waals surface area (Å²) >= 11 is 4.57. The van der Waals surface area contributed by atoms with Crippen LogP contribution in [0.25, 0.3) is 9.88 Å². The average Bonchev–Trinajstić information content (AvgIpc) is 3.15. The number of ether oxygens (including phenoxy) is 1. The van der Waals surface area contributed by atoms with Crippen LogP contribution in [0.15, 0.2) is 22.9 Å². The molecular formula is C14H12N2O2S3. The highest BCUT2D eigenvalue weighted by Crippen LogP contribution is 2.28. The van der Waals surface area contributed by atoms with E-state index in [0.29, 0.717) is 4.88 Å². The summed E-state index contributed by atoms with van der Waals surface area (Å²) in [6.45, 7) is 3.89. The molecule has 0 saturated heterocycles. The number of nitrogens with zero attached hydrogens (tertiary/aromatic N) is 2. The number of hydrogen-bond acceptors (Lipinski definition) is 7. The van der Waals surface area contributed by atoms with Gasteiger partial charge in [0.1, 0.15) is 16.5 Å². The molecule has 3 rings (SSSR count). The molecule has 0 aliphatic heterocycles. The number of aromatic nitrogens is 2. The summed E-state index contributed by atoms with van der Waals surface area (Å²) in [6.07, 6.45) is 0.